The Kier molecular flexibility index (Phi) is 2.67. The molecule has 1 aliphatic heterocycles. The molecule has 92 valence electrons. The van der Waals surface area contributed by atoms with E-state index in [1.165, 1.54) is 16.8 Å². The van der Waals surface area contributed by atoms with Crippen molar-refractivity contribution in [2.75, 3.05) is 10.6 Å². The Morgan fingerprint density at radius 2 is 1.89 bits per heavy atom. The van der Waals surface area contributed by atoms with Crippen LogP contribution < -0.4 is 10.6 Å². The van der Waals surface area contributed by atoms with E-state index in [9.17, 15) is 0 Å². The van der Waals surface area contributed by atoms with Crippen LogP contribution in [-0.2, 0) is 13.1 Å². The van der Waals surface area contributed by atoms with Gasteiger partial charge in [-0.1, -0.05) is 23.7 Å². The van der Waals surface area contributed by atoms with Crippen LogP contribution in [0.4, 0.5) is 11.4 Å². The number of anilines is 2. The zero-order valence-corrected chi connectivity index (χ0v) is 11.0. The lowest BCUT2D eigenvalue weighted by Gasteiger charge is -2.20. The zero-order valence-electron chi connectivity index (χ0n) is 10.3. The van der Waals surface area contributed by atoms with Crippen molar-refractivity contribution < 1.29 is 0 Å². The Balaban J connectivity index is 1.96. The second kappa shape index (κ2) is 4.21. The lowest BCUT2D eigenvalue weighted by atomic mass is 10.1. The van der Waals surface area contributed by atoms with Crippen LogP contribution in [0.2, 0.25) is 5.02 Å². The van der Waals surface area contributed by atoms with E-state index in [0.717, 1.165) is 29.4 Å². The number of hydrogen-bond donors (Lipinski definition) is 1. The summed E-state index contributed by atoms with van der Waals surface area (Å²) in [5.74, 6) is 0. The van der Waals surface area contributed by atoms with Gasteiger partial charge in [-0.05, 0) is 47.9 Å². The third-order valence-electron chi connectivity index (χ3n) is 3.53. The highest BCUT2D eigenvalue weighted by Gasteiger charge is 2.20. The average Bonchev–Trinajstić information content (AvgIpc) is 2.75. The summed E-state index contributed by atoms with van der Waals surface area (Å²) in [7, 11) is 0. The molecule has 0 amide bonds. The maximum Gasteiger partial charge on any atom is 0.0455 e. The topological polar surface area (TPSA) is 29.3 Å². The molecule has 0 aliphatic carbocycles. The first-order chi connectivity index (χ1) is 8.65. The first-order valence-corrected chi connectivity index (χ1v) is 6.40. The second-order valence-corrected chi connectivity index (χ2v) is 5.18. The smallest absolute Gasteiger partial charge is 0.0455 e. The Morgan fingerprint density at radius 3 is 2.72 bits per heavy atom. The number of benzene rings is 2. The maximum absolute atomic E-state index is 6.18. The molecule has 0 saturated carbocycles. The lowest BCUT2D eigenvalue weighted by molar-refractivity contribution is 0.875. The predicted molar refractivity (Wildman–Crippen MR) is 76.9 cm³/mol. The van der Waals surface area contributed by atoms with Gasteiger partial charge in [-0.3, -0.25) is 0 Å². The normalized spacial score (nSPS) is 13.8. The monoisotopic (exact) mass is 258 g/mol. The Morgan fingerprint density at radius 1 is 1.11 bits per heavy atom. The molecule has 2 N–H and O–H groups in total. The quantitative estimate of drug-likeness (QED) is 0.790. The average molecular weight is 259 g/mol. The Labute approximate surface area is 112 Å². The van der Waals surface area contributed by atoms with Crippen LogP contribution in [0.1, 0.15) is 16.7 Å². The van der Waals surface area contributed by atoms with Crippen LogP contribution in [0.15, 0.2) is 36.4 Å². The van der Waals surface area contributed by atoms with Crippen molar-refractivity contribution >= 4 is 23.0 Å². The third kappa shape index (κ3) is 1.83. The first-order valence-electron chi connectivity index (χ1n) is 6.02. The molecule has 18 heavy (non-hydrogen) atoms. The number of fused-ring (bicyclic) bond motifs is 1. The van der Waals surface area contributed by atoms with Gasteiger partial charge in [0.2, 0.25) is 0 Å². The first kappa shape index (κ1) is 11.4. The van der Waals surface area contributed by atoms with Gasteiger partial charge >= 0.3 is 0 Å². The van der Waals surface area contributed by atoms with Crippen molar-refractivity contribution in [2.24, 2.45) is 0 Å². The molecule has 2 aromatic rings. The van der Waals surface area contributed by atoms with E-state index in [0.29, 0.717) is 0 Å². The predicted octanol–water partition coefficient (Wildman–Crippen LogP) is 3.75. The number of nitrogens with two attached hydrogens (primary N) is 1. The fourth-order valence-corrected chi connectivity index (χ4v) is 2.69. The fraction of sp³-hybridized carbons (Fsp3) is 0.200. The second-order valence-electron chi connectivity index (χ2n) is 4.77. The van der Waals surface area contributed by atoms with Crippen molar-refractivity contribution in [3.63, 3.8) is 0 Å². The number of halogens is 1. The molecule has 0 atom stereocenters. The van der Waals surface area contributed by atoms with Crippen molar-refractivity contribution in [3.05, 3.63) is 58.1 Å². The highest BCUT2D eigenvalue weighted by atomic mass is 35.5. The molecule has 0 fully saturated rings. The molecule has 0 bridgehead atoms. The molecule has 0 radical (unpaired) electrons. The number of nitrogens with zero attached hydrogens (tertiary/aromatic N) is 1. The molecule has 0 saturated heterocycles. The minimum absolute atomic E-state index is 0.822. The minimum atomic E-state index is 0.822. The standard InChI is InChI=1S/C15H15ClN2/c1-10-14(16)3-2-4-15(10)18-8-11-5-6-13(17)7-12(11)9-18/h2-7H,8-9,17H2,1H3. The van der Waals surface area contributed by atoms with E-state index in [2.05, 4.69) is 30.0 Å². The van der Waals surface area contributed by atoms with E-state index in [1.807, 2.05) is 18.2 Å². The van der Waals surface area contributed by atoms with Gasteiger partial charge in [0.1, 0.15) is 0 Å². The SMILES string of the molecule is Cc1c(Cl)cccc1N1Cc2ccc(N)cc2C1. The van der Waals surface area contributed by atoms with E-state index < -0.39 is 0 Å². The van der Waals surface area contributed by atoms with Gasteiger partial charge in [0, 0.05) is 29.5 Å². The molecule has 2 nitrogen and oxygen atoms in total. The Hall–Kier alpha value is -1.67. The minimum Gasteiger partial charge on any atom is -0.399 e. The molecule has 3 heteroatoms. The summed E-state index contributed by atoms with van der Waals surface area (Å²) < 4.78 is 0. The molecule has 0 spiro atoms. The van der Waals surface area contributed by atoms with Crippen molar-refractivity contribution in [2.45, 2.75) is 20.0 Å². The molecular weight excluding hydrogens is 244 g/mol. The van der Waals surface area contributed by atoms with Crippen LogP contribution in [0, 0.1) is 6.92 Å². The largest absolute Gasteiger partial charge is 0.399 e. The van der Waals surface area contributed by atoms with Crippen LogP contribution in [0.25, 0.3) is 0 Å². The van der Waals surface area contributed by atoms with Gasteiger partial charge in [0.25, 0.3) is 0 Å². The molecule has 1 heterocycles. The van der Waals surface area contributed by atoms with Crippen LogP contribution in [-0.4, -0.2) is 0 Å². The fourth-order valence-electron chi connectivity index (χ4n) is 2.52. The summed E-state index contributed by atoms with van der Waals surface area (Å²) in [4.78, 5) is 2.34. The van der Waals surface area contributed by atoms with Crippen molar-refractivity contribution in [1.29, 1.82) is 0 Å². The summed E-state index contributed by atoms with van der Waals surface area (Å²) in [5, 5.41) is 0.822. The molecule has 1 aliphatic rings. The van der Waals surface area contributed by atoms with Gasteiger partial charge < -0.3 is 10.6 Å². The molecular formula is C15H15ClN2. The maximum atomic E-state index is 6.18. The molecule has 3 rings (SSSR count). The molecule has 0 unspecified atom stereocenters. The summed E-state index contributed by atoms with van der Waals surface area (Å²) in [6, 6.07) is 12.2. The highest BCUT2D eigenvalue weighted by molar-refractivity contribution is 6.31. The van der Waals surface area contributed by atoms with Crippen molar-refractivity contribution in [3.8, 4) is 0 Å². The van der Waals surface area contributed by atoms with Gasteiger partial charge in [-0.15, -0.1) is 0 Å². The number of hydrogen-bond acceptors (Lipinski definition) is 2. The van der Waals surface area contributed by atoms with Gasteiger partial charge in [-0.2, -0.15) is 0 Å². The zero-order chi connectivity index (χ0) is 12.7. The number of nitrogen functional groups attached to an aromatic ring is 1. The van der Waals surface area contributed by atoms with Crippen LogP contribution >= 0.6 is 11.6 Å². The van der Waals surface area contributed by atoms with Crippen LogP contribution in [0.3, 0.4) is 0 Å². The molecule has 2 aromatic carbocycles. The van der Waals surface area contributed by atoms with Crippen LogP contribution in [0.5, 0.6) is 0 Å². The van der Waals surface area contributed by atoms with Gasteiger partial charge in [0.05, 0.1) is 0 Å². The van der Waals surface area contributed by atoms with E-state index in [-0.39, 0.29) is 0 Å². The van der Waals surface area contributed by atoms with E-state index in [1.54, 1.807) is 0 Å². The summed E-state index contributed by atoms with van der Waals surface area (Å²) >= 11 is 6.18. The number of rotatable bonds is 1. The van der Waals surface area contributed by atoms with Gasteiger partial charge in [0.15, 0.2) is 0 Å². The molecule has 0 aromatic heterocycles. The van der Waals surface area contributed by atoms with E-state index in [4.69, 9.17) is 17.3 Å². The van der Waals surface area contributed by atoms with Crippen molar-refractivity contribution in [1.82, 2.24) is 0 Å². The summed E-state index contributed by atoms with van der Waals surface area (Å²) in [6.45, 7) is 3.90. The highest BCUT2D eigenvalue weighted by Crippen LogP contribution is 2.33. The lowest BCUT2D eigenvalue weighted by Crippen LogP contribution is -2.15. The third-order valence-corrected chi connectivity index (χ3v) is 3.94. The van der Waals surface area contributed by atoms with E-state index >= 15 is 0 Å². The van der Waals surface area contributed by atoms with Gasteiger partial charge in [-0.25, -0.2) is 0 Å². The summed E-state index contributed by atoms with van der Waals surface area (Å²) in [6.07, 6.45) is 0. The Bertz CT molecular complexity index is 607. The summed E-state index contributed by atoms with van der Waals surface area (Å²) in [5.41, 5.74) is 11.7.